The Balaban J connectivity index is 1.90. The first-order valence-corrected chi connectivity index (χ1v) is 5.93. The van der Waals surface area contributed by atoms with Crippen molar-refractivity contribution in [3.8, 4) is 0 Å². The van der Waals surface area contributed by atoms with E-state index in [1.165, 1.54) is 6.07 Å². The molecule has 0 saturated heterocycles. The molecule has 0 spiro atoms. The van der Waals surface area contributed by atoms with E-state index in [2.05, 4.69) is 20.8 Å². The average Bonchev–Trinajstić information content (AvgIpc) is 2.76. The minimum absolute atomic E-state index is 0.149. The van der Waals surface area contributed by atoms with Gasteiger partial charge in [0, 0.05) is 11.8 Å². The summed E-state index contributed by atoms with van der Waals surface area (Å²) in [5.41, 5.74) is 2.70. The Hall–Kier alpha value is -2.08. The van der Waals surface area contributed by atoms with Gasteiger partial charge in [-0.25, -0.2) is 0 Å². The van der Waals surface area contributed by atoms with Gasteiger partial charge in [-0.2, -0.15) is 0 Å². The van der Waals surface area contributed by atoms with Crippen molar-refractivity contribution in [1.82, 2.24) is 15.5 Å². The van der Waals surface area contributed by atoms with Gasteiger partial charge in [-0.3, -0.25) is 9.89 Å². The van der Waals surface area contributed by atoms with Crippen LogP contribution in [0.15, 0.2) is 35.1 Å². The van der Waals surface area contributed by atoms with Crippen LogP contribution in [-0.4, -0.2) is 15.3 Å². The van der Waals surface area contributed by atoms with E-state index in [4.69, 9.17) is 12.2 Å². The predicted molar refractivity (Wildman–Crippen MR) is 75.7 cm³/mol. The fourth-order valence-corrected chi connectivity index (χ4v) is 1.70. The monoisotopic (exact) mass is 262 g/mol. The molecule has 1 aromatic carbocycles. The van der Waals surface area contributed by atoms with Crippen LogP contribution in [0.1, 0.15) is 11.3 Å². The molecule has 0 saturated carbocycles. The Kier molecular flexibility index (Phi) is 3.78. The zero-order valence-electron chi connectivity index (χ0n) is 9.91. The van der Waals surface area contributed by atoms with Gasteiger partial charge in [-0.1, -0.05) is 18.2 Å². The Morgan fingerprint density at radius 3 is 2.78 bits per heavy atom. The fourth-order valence-electron chi connectivity index (χ4n) is 1.52. The number of rotatable bonds is 3. The lowest BCUT2D eigenvalue weighted by Gasteiger charge is -2.11. The average molecular weight is 262 g/mol. The number of aryl methyl sites for hydroxylation is 1. The summed E-state index contributed by atoms with van der Waals surface area (Å²) in [7, 11) is 0. The van der Waals surface area contributed by atoms with Crippen LogP contribution in [0.5, 0.6) is 0 Å². The van der Waals surface area contributed by atoms with Crippen LogP contribution < -0.4 is 16.2 Å². The highest BCUT2D eigenvalue weighted by Crippen LogP contribution is 2.12. The minimum atomic E-state index is -0.149. The summed E-state index contributed by atoms with van der Waals surface area (Å²) >= 11 is 5.18. The van der Waals surface area contributed by atoms with Crippen LogP contribution in [-0.2, 0) is 6.54 Å². The number of benzene rings is 1. The molecule has 0 aliphatic carbocycles. The Bertz CT molecular complexity index is 602. The van der Waals surface area contributed by atoms with Gasteiger partial charge in [0.1, 0.15) is 0 Å². The van der Waals surface area contributed by atoms with Crippen molar-refractivity contribution < 1.29 is 0 Å². The number of hydrogen-bond donors (Lipinski definition) is 4. The number of thiocarbonyl (C=S) groups is 1. The second-order valence-electron chi connectivity index (χ2n) is 3.91. The van der Waals surface area contributed by atoms with Crippen molar-refractivity contribution in [2.24, 2.45) is 0 Å². The number of aromatic nitrogens is 2. The van der Waals surface area contributed by atoms with Crippen LogP contribution in [0, 0.1) is 6.92 Å². The largest absolute Gasteiger partial charge is 0.357 e. The standard InChI is InChI=1S/C12H14N4OS/c1-8-4-2-3-5-10(8)14-12(18)13-7-9-6-11(17)16-15-9/h2-6H,7H2,1H3,(H2,13,14,18)(H2,15,16,17). The third kappa shape index (κ3) is 3.21. The highest BCUT2D eigenvalue weighted by atomic mass is 32.1. The van der Waals surface area contributed by atoms with Gasteiger partial charge < -0.3 is 15.7 Å². The molecule has 18 heavy (non-hydrogen) atoms. The molecule has 5 nitrogen and oxygen atoms in total. The van der Waals surface area contributed by atoms with Crippen molar-refractivity contribution in [1.29, 1.82) is 0 Å². The highest BCUT2D eigenvalue weighted by molar-refractivity contribution is 7.80. The summed E-state index contributed by atoms with van der Waals surface area (Å²) in [5.74, 6) is 0. The van der Waals surface area contributed by atoms with Gasteiger partial charge in [0.2, 0.25) is 0 Å². The third-order valence-corrected chi connectivity index (χ3v) is 2.73. The Morgan fingerprint density at radius 1 is 1.33 bits per heavy atom. The van der Waals surface area contributed by atoms with E-state index in [1.807, 2.05) is 31.2 Å². The second kappa shape index (κ2) is 5.50. The van der Waals surface area contributed by atoms with Crippen LogP contribution in [0.3, 0.4) is 0 Å². The first kappa shape index (κ1) is 12.4. The molecule has 1 heterocycles. The number of anilines is 1. The first-order valence-electron chi connectivity index (χ1n) is 5.52. The summed E-state index contributed by atoms with van der Waals surface area (Å²) in [6, 6.07) is 9.38. The molecule has 0 aliphatic rings. The van der Waals surface area contributed by atoms with Crippen LogP contribution in [0.25, 0.3) is 0 Å². The molecule has 2 aromatic rings. The van der Waals surface area contributed by atoms with Crippen molar-refractivity contribution in [2.45, 2.75) is 13.5 Å². The molecular formula is C12H14N4OS. The van der Waals surface area contributed by atoms with Crippen molar-refractivity contribution in [3.05, 3.63) is 51.9 Å². The predicted octanol–water partition coefficient (Wildman–Crippen LogP) is 1.50. The molecule has 2 rings (SSSR count). The molecule has 0 radical (unpaired) electrons. The molecule has 0 amide bonds. The van der Waals surface area contributed by atoms with E-state index in [1.54, 1.807) is 0 Å². The van der Waals surface area contributed by atoms with Gasteiger partial charge in [0.25, 0.3) is 5.56 Å². The molecule has 0 fully saturated rings. The molecule has 0 bridgehead atoms. The maximum absolute atomic E-state index is 10.9. The van der Waals surface area contributed by atoms with Gasteiger partial charge >= 0.3 is 0 Å². The molecule has 0 aliphatic heterocycles. The second-order valence-corrected chi connectivity index (χ2v) is 4.31. The Labute approximate surface area is 110 Å². The van der Waals surface area contributed by atoms with E-state index in [9.17, 15) is 4.79 Å². The maximum atomic E-state index is 10.9. The highest BCUT2D eigenvalue weighted by Gasteiger charge is 2.01. The SMILES string of the molecule is Cc1ccccc1NC(=S)NCc1cc(=O)[nH][nH]1. The molecule has 0 atom stereocenters. The molecule has 0 unspecified atom stereocenters. The van der Waals surface area contributed by atoms with Gasteiger partial charge in [0.05, 0.1) is 12.2 Å². The molecule has 94 valence electrons. The van der Waals surface area contributed by atoms with E-state index in [-0.39, 0.29) is 5.56 Å². The lowest BCUT2D eigenvalue weighted by atomic mass is 10.2. The summed E-state index contributed by atoms with van der Waals surface area (Å²) in [4.78, 5) is 10.9. The minimum Gasteiger partial charge on any atom is -0.357 e. The van der Waals surface area contributed by atoms with Crippen molar-refractivity contribution >= 4 is 23.0 Å². The van der Waals surface area contributed by atoms with Crippen LogP contribution >= 0.6 is 12.2 Å². The molecule has 6 heteroatoms. The van der Waals surface area contributed by atoms with Gasteiger partial charge in [-0.05, 0) is 30.8 Å². The summed E-state index contributed by atoms with van der Waals surface area (Å²) in [6.07, 6.45) is 0. The zero-order chi connectivity index (χ0) is 13.0. The summed E-state index contributed by atoms with van der Waals surface area (Å²) in [6.45, 7) is 2.48. The maximum Gasteiger partial charge on any atom is 0.264 e. The number of nitrogens with one attached hydrogen (secondary N) is 4. The quantitative estimate of drug-likeness (QED) is 0.633. The lowest BCUT2D eigenvalue weighted by Crippen LogP contribution is -2.28. The van der Waals surface area contributed by atoms with E-state index in [0.717, 1.165) is 16.9 Å². The number of H-pyrrole nitrogens is 2. The fraction of sp³-hybridized carbons (Fsp3) is 0.167. The first-order chi connectivity index (χ1) is 8.65. The van der Waals surface area contributed by atoms with Gasteiger partial charge in [-0.15, -0.1) is 0 Å². The lowest BCUT2D eigenvalue weighted by molar-refractivity contribution is 0.863. The van der Waals surface area contributed by atoms with Crippen LogP contribution in [0.4, 0.5) is 5.69 Å². The smallest absolute Gasteiger partial charge is 0.264 e. The number of hydrogen-bond acceptors (Lipinski definition) is 2. The summed E-state index contributed by atoms with van der Waals surface area (Å²) in [5, 5.41) is 11.9. The van der Waals surface area contributed by atoms with E-state index >= 15 is 0 Å². The number of para-hydroxylation sites is 1. The third-order valence-electron chi connectivity index (χ3n) is 2.48. The topological polar surface area (TPSA) is 72.7 Å². The Morgan fingerprint density at radius 2 is 2.11 bits per heavy atom. The number of aromatic amines is 2. The van der Waals surface area contributed by atoms with Crippen LogP contribution in [0.2, 0.25) is 0 Å². The molecule has 1 aromatic heterocycles. The normalized spacial score (nSPS) is 10.1. The summed E-state index contributed by atoms with van der Waals surface area (Å²) < 4.78 is 0. The van der Waals surface area contributed by atoms with Crippen molar-refractivity contribution in [2.75, 3.05) is 5.32 Å². The van der Waals surface area contributed by atoms with Gasteiger partial charge in [0.15, 0.2) is 5.11 Å². The molecular weight excluding hydrogens is 248 g/mol. The van der Waals surface area contributed by atoms with E-state index in [0.29, 0.717) is 11.7 Å². The van der Waals surface area contributed by atoms with Crippen molar-refractivity contribution in [3.63, 3.8) is 0 Å². The molecule has 4 N–H and O–H groups in total. The van der Waals surface area contributed by atoms with E-state index < -0.39 is 0 Å². The zero-order valence-corrected chi connectivity index (χ0v) is 10.7.